The highest BCUT2D eigenvalue weighted by Crippen LogP contribution is 2.20. The maximum atomic E-state index is 12.6. The summed E-state index contributed by atoms with van der Waals surface area (Å²) in [5.41, 5.74) is 0. The highest BCUT2D eigenvalue weighted by Gasteiger charge is 2.39. The number of thioether (sulfide) groups is 1. The van der Waals surface area contributed by atoms with Gasteiger partial charge in [-0.05, 0) is 6.42 Å². The zero-order valence-electron chi connectivity index (χ0n) is 11.4. The highest BCUT2D eigenvalue weighted by molar-refractivity contribution is 7.99. The number of carboxylic acids is 1. The van der Waals surface area contributed by atoms with Crippen LogP contribution in [-0.4, -0.2) is 76.0 Å². The third kappa shape index (κ3) is 2.84. The molecular weight excluding hydrogens is 282 g/mol. The molecule has 2 aliphatic rings. The van der Waals surface area contributed by atoms with E-state index in [9.17, 15) is 19.5 Å². The Morgan fingerprint density at radius 3 is 2.80 bits per heavy atom. The van der Waals surface area contributed by atoms with Gasteiger partial charge in [-0.15, -0.1) is 0 Å². The second kappa shape index (κ2) is 6.34. The van der Waals surface area contributed by atoms with Crippen molar-refractivity contribution in [1.82, 2.24) is 15.1 Å². The molecule has 0 aromatic carbocycles. The molecule has 0 saturated carbocycles. The molecule has 0 radical (unpaired) electrons. The molecule has 2 N–H and O–H groups in total. The Bertz CT molecular complexity index is 408. The lowest BCUT2D eigenvalue weighted by atomic mass is 10.1. The molecule has 8 heteroatoms. The van der Waals surface area contributed by atoms with Crippen molar-refractivity contribution in [3.8, 4) is 0 Å². The van der Waals surface area contributed by atoms with Crippen molar-refractivity contribution in [1.29, 1.82) is 0 Å². The third-order valence-electron chi connectivity index (χ3n) is 3.62. The zero-order chi connectivity index (χ0) is 14.7. The Balaban J connectivity index is 2.15. The molecule has 2 saturated heterocycles. The van der Waals surface area contributed by atoms with Crippen molar-refractivity contribution in [2.75, 3.05) is 31.1 Å². The van der Waals surface area contributed by atoms with Gasteiger partial charge in [0.05, 0.1) is 0 Å². The lowest BCUT2D eigenvalue weighted by Crippen LogP contribution is -2.62. The number of urea groups is 1. The summed E-state index contributed by atoms with van der Waals surface area (Å²) >= 11 is 1.53. The summed E-state index contributed by atoms with van der Waals surface area (Å²) in [5, 5.41) is 12.0. The molecule has 0 aromatic heterocycles. The number of hydrogen-bond donors (Lipinski definition) is 2. The average molecular weight is 301 g/mol. The van der Waals surface area contributed by atoms with Crippen LogP contribution in [0.25, 0.3) is 0 Å². The number of amides is 3. The van der Waals surface area contributed by atoms with Crippen molar-refractivity contribution in [3.63, 3.8) is 0 Å². The predicted molar refractivity (Wildman–Crippen MR) is 74.6 cm³/mol. The molecule has 3 amide bonds. The van der Waals surface area contributed by atoms with Gasteiger partial charge < -0.3 is 20.2 Å². The number of piperazine rings is 1. The number of rotatable bonds is 2. The molecule has 0 aromatic rings. The number of nitrogens with zero attached hydrogens (tertiary/aromatic N) is 2. The van der Waals surface area contributed by atoms with Crippen molar-refractivity contribution in [2.24, 2.45) is 0 Å². The van der Waals surface area contributed by atoms with E-state index >= 15 is 0 Å². The fourth-order valence-corrected chi connectivity index (χ4v) is 3.59. The molecule has 20 heavy (non-hydrogen) atoms. The van der Waals surface area contributed by atoms with Gasteiger partial charge in [-0.25, -0.2) is 9.59 Å². The van der Waals surface area contributed by atoms with E-state index in [0.29, 0.717) is 31.8 Å². The minimum absolute atomic E-state index is 0.162. The summed E-state index contributed by atoms with van der Waals surface area (Å²) in [6, 6.07) is -1.64. The van der Waals surface area contributed by atoms with E-state index in [4.69, 9.17) is 0 Å². The van der Waals surface area contributed by atoms with Crippen LogP contribution in [0.1, 0.15) is 13.3 Å². The average Bonchev–Trinajstić information content (AvgIpc) is 2.46. The lowest BCUT2D eigenvalue weighted by molar-refractivity contribution is -0.141. The zero-order valence-corrected chi connectivity index (χ0v) is 12.2. The van der Waals surface area contributed by atoms with Gasteiger partial charge in [-0.3, -0.25) is 4.79 Å². The van der Waals surface area contributed by atoms with E-state index in [-0.39, 0.29) is 11.9 Å². The maximum absolute atomic E-state index is 12.6. The monoisotopic (exact) mass is 301 g/mol. The van der Waals surface area contributed by atoms with E-state index in [0.717, 1.165) is 5.75 Å². The van der Waals surface area contributed by atoms with Crippen LogP contribution in [0.3, 0.4) is 0 Å². The number of carboxylic acid groups (broad SMARTS) is 1. The van der Waals surface area contributed by atoms with E-state index in [1.54, 1.807) is 0 Å². The molecule has 2 rings (SSSR count). The molecular formula is C12H19N3O4S. The lowest BCUT2D eigenvalue weighted by Gasteiger charge is -2.41. The molecule has 0 aliphatic carbocycles. The second-order valence-corrected chi connectivity index (χ2v) is 5.96. The van der Waals surface area contributed by atoms with Crippen LogP contribution in [-0.2, 0) is 9.59 Å². The van der Waals surface area contributed by atoms with Gasteiger partial charge >= 0.3 is 12.0 Å². The van der Waals surface area contributed by atoms with Crippen molar-refractivity contribution in [3.05, 3.63) is 0 Å². The van der Waals surface area contributed by atoms with Crippen LogP contribution in [0, 0.1) is 0 Å². The van der Waals surface area contributed by atoms with Gasteiger partial charge in [0, 0.05) is 31.1 Å². The normalized spacial score (nSPS) is 27.1. The Hall–Kier alpha value is -1.44. The fourth-order valence-electron chi connectivity index (χ4n) is 2.55. The molecule has 7 nitrogen and oxygen atoms in total. The summed E-state index contributed by atoms with van der Waals surface area (Å²) in [4.78, 5) is 38.5. The molecule has 2 unspecified atom stereocenters. The van der Waals surface area contributed by atoms with Crippen molar-refractivity contribution < 1.29 is 19.5 Å². The number of carbonyl (C=O) groups is 3. The van der Waals surface area contributed by atoms with Crippen molar-refractivity contribution in [2.45, 2.75) is 25.4 Å². The molecule has 112 valence electrons. The molecule has 0 bridgehead atoms. The van der Waals surface area contributed by atoms with E-state index in [1.165, 1.54) is 21.6 Å². The van der Waals surface area contributed by atoms with Crippen LogP contribution < -0.4 is 5.32 Å². The SMILES string of the molecule is CCC1C(=O)NCCN1C(=O)N1CCSCC1C(=O)O. The number of hydrogen-bond acceptors (Lipinski definition) is 4. The van der Waals surface area contributed by atoms with Gasteiger partial charge in [-0.2, -0.15) is 11.8 Å². The van der Waals surface area contributed by atoms with Gasteiger partial charge in [0.2, 0.25) is 5.91 Å². The Kier molecular flexibility index (Phi) is 4.74. The summed E-state index contributed by atoms with van der Waals surface area (Å²) in [7, 11) is 0. The summed E-state index contributed by atoms with van der Waals surface area (Å²) in [6.07, 6.45) is 0.526. The van der Waals surface area contributed by atoms with Crippen LogP contribution in [0.4, 0.5) is 4.79 Å². The molecule has 2 aliphatic heterocycles. The minimum Gasteiger partial charge on any atom is -0.480 e. The largest absolute Gasteiger partial charge is 0.480 e. The van der Waals surface area contributed by atoms with E-state index in [1.807, 2.05) is 6.92 Å². The predicted octanol–water partition coefficient (Wildman–Crippen LogP) is -0.181. The molecule has 0 spiro atoms. The Morgan fingerprint density at radius 2 is 2.15 bits per heavy atom. The topological polar surface area (TPSA) is 90.0 Å². The minimum atomic E-state index is -0.986. The standard InChI is InChI=1S/C12H19N3O4S/c1-2-8-10(16)13-3-4-14(8)12(19)15-5-6-20-7-9(15)11(17)18/h8-9H,2-7H2,1H3,(H,13,16)(H,17,18). The molecule has 2 heterocycles. The number of aliphatic carboxylic acids is 1. The number of nitrogens with one attached hydrogen (secondary N) is 1. The second-order valence-electron chi connectivity index (χ2n) is 4.81. The first-order valence-electron chi connectivity index (χ1n) is 6.71. The molecule has 2 atom stereocenters. The first-order valence-corrected chi connectivity index (χ1v) is 7.87. The van der Waals surface area contributed by atoms with Crippen molar-refractivity contribution >= 4 is 29.7 Å². The summed E-state index contributed by atoms with van der Waals surface area (Å²) < 4.78 is 0. The van der Waals surface area contributed by atoms with Gasteiger partial charge in [0.15, 0.2) is 0 Å². The number of carbonyl (C=O) groups excluding carboxylic acids is 2. The first kappa shape index (κ1) is 15.0. The van der Waals surface area contributed by atoms with Gasteiger partial charge in [0.25, 0.3) is 0 Å². The Labute approximate surface area is 121 Å². The van der Waals surface area contributed by atoms with Crippen LogP contribution in [0.2, 0.25) is 0 Å². The molecule has 2 fully saturated rings. The summed E-state index contributed by atoms with van der Waals surface area (Å²) in [6.45, 7) is 3.10. The van der Waals surface area contributed by atoms with Crippen LogP contribution >= 0.6 is 11.8 Å². The third-order valence-corrected chi connectivity index (χ3v) is 4.65. The summed E-state index contributed by atoms with van der Waals surface area (Å²) in [5.74, 6) is -0.0185. The Morgan fingerprint density at radius 1 is 1.40 bits per heavy atom. The first-order chi connectivity index (χ1) is 9.56. The highest BCUT2D eigenvalue weighted by atomic mass is 32.2. The van der Waals surface area contributed by atoms with Crippen LogP contribution in [0.5, 0.6) is 0 Å². The van der Waals surface area contributed by atoms with Gasteiger partial charge in [-0.1, -0.05) is 6.92 Å². The smallest absolute Gasteiger partial charge is 0.327 e. The quantitative estimate of drug-likeness (QED) is 0.738. The maximum Gasteiger partial charge on any atom is 0.327 e. The van der Waals surface area contributed by atoms with Crippen LogP contribution in [0.15, 0.2) is 0 Å². The van der Waals surface area contributed by atoms with E-state index < -0.39 is 18.1 Å². The van der Waals surface area contributed by atoms with E-state index in [2.05, 4.69) is 5.32 Å². The van der Waals surface area contributed by atoms with Gasteiger partial charge in [0.1, 0.15) is 12.1 Å². The fraction of sp³-hybridized carbons (Fsp3) is 0.750.